The van der Waals surface area contributed by atoms with Crippen LogP contribution in [0, 0.1) is 5.41 Å². The number of nitrogens with one attached hydrogen (secondary N) is 1. The molecule has 0 unspecified atom stereocenters. The summed E-state index contributed by atoms with van der Waals surface area (Å²) in [4.78, 5) is 37.4. The first-order valence-corrected chi connectivity index (χ1v) is 8.24. The SMILES string of the molecule is CC(C)(C)C(=O)C=C1SCC(=O)N1CC(=O)NCc1ccco1. The lowest BCUT2D eigenvalue weighted by Gasteiger charge is -2.18. The zero-order valence-electron chi connectivity index (χ0n) is 13.4. The molecular weight excluding hydrogens is 316 g/mol. The van der Waals surface area contributed by atoms with Crippen LogP contribution in [0.25, 0.3) is 0 Å². The fourth-order valence-corrected chi connectivity index (χ4v) is 2.77. The van der Waals surface area contributed by atoms with Crippen molar-refractivity contribution in [1.82, 2.24) is 10.2 Å². The normalized spacial score (nSPS) is 16.9. The molecule has 6 nitrogen and oxygen atoms in total. The van der Waals surface area contributed by atoms with Crippen LogP contribution in [0.15, 0.2) is 33.9 Å². The maximum atomic E-state index is 12.1. The number of carbonyl (C=O) groups excluding carboxylic acids is 3. The third-order valence-electron chi connectivity index (χ3n) is 3.25. The van der Waals surface area contributed by atoms with Crippen LogP contribution in [0.2, 0.25) is 0 Å². The molecule has 0 atom stereocenters. The van der Waals surface area contributed by atoms with Crippen molar-refractivity contribution in [1.29, 1.82) is 0 Å². The molecule has 2 rings (SSSR count). The number of allylic oxidation sites excluding steroid dienone is 1. The molecule has 7 heteroatoms. The molecule has 0 aromatic carbocycles. The fourth-order valence-electron chi connectivity index (χ4n) is 1.83. The first kappa shape index (κ1) is 17.3. The molecular formula is C16H20N2O4S. The number of furan rings is 1. The maximum absolute atomic E-state index is 12.1. The second-order valence-corrected chi connectivity index (χ2v) is 7.22. The molecule has 124 valence electrons. The molecule has 0 spiro atoms. The van der Waals surface area contributed by atoms with Gasteiger partial charge in [-0.05, 0) is 12.1 Å². The molecule has 0 radical (unpaired) electrons. The van der Waals surface area contributed by atoms with E-state index in [2.05, 4.69) is 5.32 Å². The lowest BCUT2D eigenvalue weighted by Crippen LogP contribution is -2.37. The second kappa shape index (κ2) is 7.04. The summed E-state index contributed by atoms with van der Waals surface area (Å²) in [6.07, 6.45) is 2.98. The van der Waals surface area contributed by atoms with E-state index in [-0.39, 0.29) is 36.4 Å². The van der Waals surface area contributed by atoms with Crippen molar-refractivity contribution < 1.29 is 18.8 Å². The number of rotatable bonds is 5. The molecule has 0 bridgehead atoms. The van der Waals surface area contributed by atoms with Gasteiger partial charge in [-0.3, -0.25) is 19.3 Å². The zero-order chi connectivity index (χ0) is 17.0. The Kier molecular flexibility index (Phi) is 5.30. The van der Waals surface area contributed by atoms with E-state index in [9.17, 15) is 14.4 Å². The Morgan fingerprint density at radius 3 is 2.78 bits per heavy atom. The molecule has 2 heterocycles. The summed E-state index contributed by atoms with van der Waals surface area (Å²) in [5, 5.41) is 3.22. The Bertz CT molecular complexity index is 629. The minimum Gasteiger partial charge on any atom is -0.467 e. The highest BCUT2D eigenvalue weighted by molar-refractivity contribution is 8.04. The molecule has 1 fully saturated rings. The van der Waals surface area contributed by atoms with Crippen LogP contribution in [0.3, 0.4) is 0 Å². The number of thioether (sulfide) groups is 1. The van der Waals surface area contributed by atoms with Crippen LogP contribution >= 0.6 is 11.8 Å². The minimum atomic E-state index is -0.521. The highest BCUT2D eigenvalue weighted by atomic mass is 32.2. The summed E-state index contributed by atoms with van der Waals surface area (Å²) in [5.74, 6) is 0.339. The molecule has 1 aliphatic heterocycles. The van der Waals surface area contributed by atoms with Gasteiger partial charge in [0, 0.05) is 11.5 Å². The summed E-state index contributed by atoms with van der Waals surface area (Å²) in [6, 6.07) is 3.49. The number of carbonyl (C=O) groups is 3. The molecule has 0 saturated carbocycles. The average molecular weight is 336 g/mol. The highest BCUT2D eigenvalue weighted by Crippen LogP contribution is 2.30. The second-order valence-electron chi connectivity index (χ2n) is 6.22. The standard InChI is InChI=1S/C16H20N2O4S/c1-16(2,3)12(19)7-15-18(14(21)10-23-15)9-13(20)17-8-11-5-4-6-22-11/h4-7H,8-10H2,1-3H3,(H,17,20). The Morgan fingerprint density at radius 2 is 2.17 bits per heavy atom. The van der Waals surface area contributed by atoms with Gasteiger partial charge in [0.1, 0.15) is 12.3 Å². The fraction of sp³-hybridized carbons (Fsp3) is 0.438. The van der Waals surface area contributed by atoms with Crippen molar-refractivity contribution in [2.75, 3.05) is 12.3 Å². The monoisotopic (exact) mass is 336 g/mol. The van der Waals surface area contributed by atoms with Crippen molar-refractivity contribution in [2.24, 2.45) is 5.41 Å². The van der Waals surface area contributed by atoms with Crippen LogP contribution in [-0.4, -0.2) is 34.8 Å². The molecule has 1 saturated heterocycles. The van der Waals surface area contributed by atoms with E-state index in [1.54, 1.807) is 12.1 Å². The van der Waals surface area contributed by atoms with E-state index >= 15 is 0 Å². The first-order valence-electron chi connectivity index (χ1n) is 7.26. The summed E-state index contributed by atoms with van der Waals surface area (Å²) < 4.78 is 5.13. The number of amides is 2. The van der Waals surface area contributed by atoms with E-state index in [1.165, 1.54) is 29.0 Å². The van der Waals surface area contributed by atoms with Crippen molar-refractivity contribution in [3.05, 3.63) is 35.3 Å². The van der Waals surface area contributed by atoms with Crippen molar-refractivity contribution in [2.45, 2.75) is 27.3 Å². The third kappa shape index (κ3) is 4.72. The maximum Gasteiger partial charge on any atom is 0.240 e. The first-order chi connectivity index (χ1) is 10.8. The lowest BCUT2D eigenvalue weighted by molar-refractivity contribution is -0.131. The minimum absolute atomic E-state index is 0.0734. The quantitative estimate of drug-likeness (QED) is 0.831. The van der Waals surface area contributed by atoms with Crippen molar-refractivity contribution >= 4 is 29.4 Å². The van der Waals surface area contributed by atoms with Crippen molar-refractivity contribution in [3.63, 3.8) is 0 Å². The molecule has 1 aromatic rings. The lowest BCUT2D eigenvalue weighted by atomic mass is 9.91. The van der Waals surface area contributed by atoms with Gasteiger partial charge in [-0.1, -0.05) is 32.5 Å². The van der Waals surface area contributed by atoms with E-state index < -0.39 is 5.41 Å². The summed E-state index contributed by atoms with van der Waals surface area (Å²) in [7, 11) is 0. The van der Waals surface area contributed by atoms with Crippen LogP contribution < -0.4 is 5.32 Å². The Morgan fingerprint density at radius 1 is 1.43 bits per heavy atom. The predicted octanol–water partition coefficient (Wildman–Crippen LogP) is 1.93. The number of ketones is 1. The zero-order valence-corrected chi connectivity index (χ0v) is 14.2. The Hall–Kier alpha value is -2.02. The van der Waals surface area contributed by atoms with E-state index in [0.717, 1.165) is 0 Å². The van der Waals surface area contributed by atoms with Gasteiger partial charge < -0.3 is 9.73 Å². The highest BCUT2D eigenvalue weighted by Gasteiger charge is 2.30. The topological polar surface area (TPSA) is 79.6 Å². The van der Waals surface area contributed by atoms with Gasteiger partial charge in [0.05, 0.1) is 23.6 Å². The smallest absolute Gasteiger partial charge is 0.240 e. The van der Waals surface area contributed by atoms with E-state index in [0.29, 0.717) is 10.8 Å². The summed E-state index contributed by atoms with van der Waals surface area (Å²) in [5.41, 5.74) is -0.521. The number of nitrogens with zero attached hydrogens (tertiary/aromatic N) is 1. The van der Waals surface area contributed by atoms with Gasteiger partial charge in [-0.25, -0.2) is 0 Å². The largest absolute Gasteiger partial charge is 0.467 e. The van der Waals surface area contributed by atoms with E-state index in [1.807, 2.05) is 20.8 Å². The van der Waals surface area contributed by atoms with Crippen LogP contribution in [0.4, 0.5) is 0 Å². The molecule has 23 heavy (non-hydrogen) atoms. The molecule has 2 amide bonds. The average Bonchev–Trinajstić information content (AvgIpc) is 3.09. The van der Waals surface area contributed by atoms with Gasteiger partial charge in [0.25, 0.3) is 0 Å². The van der Waals surface area contributed by atoms with Gasteiger partial charge in [0.15, 0.2) is 5.78 Å². The molecule has 0 aliphatic carbocycles. The molecule has 1 aromatic heterocycles. The Labute approximate surface area is 139 Å². The van der Waals surface area contributed by atoms with Crippen LogP contribution in [0.5, 0.6) is 0 Å². The van der Waals surface area contributed by atoms with Crippen molar-refractivity contribution in [3.8, 4) is 0 Å². The summed E-state index contributed by atoms with van der Waals surface area (Å²) in [6.45, 7) is 5.60. The Balaban J connectivity index is 1.98. The van der Waals surface area contributed by atoms with Crippen LogP contribution in [-0.2, 0) is 20.9 Å². The van der Waals surface area contributed by atoms with Gasteiger partial charge in [0.2, 0.25) is 11.8 Å². The number of hydrogen-bond donors (Lipinski definition) is 1. The third-order valence-corrected chi connectivity index (χ3v) is 4.27. The van der Waals surface area contributed by atoms with Gasteiger partial charge >= 0.3 is 0 Å². The summed E-state index contributed by atoms with van der Waals surface area (Å²) >= 11 is 1.28. The van der Waals surface area contributed by atoms with Crippen LogP contribution in [0.1, 0.15) is 26.5 Å². The predicted molar refractivity (Wildman–Crippen MR) is 87.3 cm³/mol. The molecule has 1 N–H and O–H groups in total. The van der Waals surface area contributed by atoms with Gasteiger partial charge in [-0.15, -0.1) is 0 Å². The van der Waals surface area contributed by atoms with E-state index in [4.69, 9.17) is 4.42 Å². The molecule has 1 aliphatic rings. The number of hydrogen-bond acceptors (Lipinski definition) is 5. The van der Waals surface area contributed by atoms with Gasteiger partial charge in [-0.2, -0.15) is 0 Å².